The van der Waals surface area contributed by atoms with Gasteiger partial charge in [0, 0.05) is 65.8 Å². The summed E-state index contributed by atoms with van der Waals surface area (Å²) in [6, 6.07) is 71.0. The minimum absolute atomic E-state index is 0. The zero-order valence-corrected chi connectivity index (χ0v) is 44.0. The molecule has 0 N–H and O–H groups in total. The molecule has 0 aliphatic carbocycles. The number of fused-ring (bicyclic) bond motifs is 9. The van der Waals surface area contributed by atoms with Crippen LogP contribution in [0, 0.1) is 25.7 Å². The zero-order valence-electron chi connectivity index (χ0n) is 48.6. The molecule has 0 bridgehead atoms. The molecule has 0 saturated carbocycles. The number of benzene rings is 7. The summed E-state index contributed by atoms with van der Waals surface area (Å²) >= 11 is 0. The molecule has 368 valence electrons. The minimum Gasteiger partial charge on any atom is -0.500 e. The molecule has 0 atom stereocenters. The van der Waals surface area contributed by atoms with Gasteiger partial charge in [-0.3, -0.25) is 0 Å². The van der Waals surface area contributed by atoms with Crippen LogP contribution < -0.4 is 23.5 Å². The predicted molar refractivity (Wildman–Crippen MR) is 300 cm³/mol. The van der Waals surface area contributed by atoms with E-state index < -0.39 is 0 Å². The molecule has 7 nitrogen and oxygen atoms in total. The van der Waals surface area contributed by atoms with Gasteiger partial charge in [0.2, 0.25) is 11.4 Å². The monoisotopic (exact) mass is 1170 g/mol. The Balaban J connectivity index is 0.000000117. The summed E-state index contributed by atoms with van der Waals surface area (Å²) in [6.07, 6.45) is 11.5. The summed E-state index contributed by atoms with van der Waals surface area (Å²) in [7, 11) is 0. The molecule has 4 aromatic heterocycles. The Labute approximate surface area is 469 Å². The van der Waals surface area contributed by atoms with Gasteiger partial charge in [-0.15, -0.1) is 48.3 Å². The van der Waals surface area contributed by atoms with Crippen LogP contribution in [-0.4, -0.2) is 9.97 Å². The predicted octanol–water partition coefficient (Wildman–Crippen LogP) is 13.3. The van der Waals surface area contributed by atoms with Gasteiger partial charge in [-0.1, -0.05) is 109 Å². The molecule has 4 aliphatic rings. The largest absolute Gasteiger partial charge is 3.00 e. The number of aromatic nitrogens is 5. The van der Waals surface area contributed by atoms with Crippen LogP contribution in [0.2, 0.25) is 0 Å². The smallest absolute Gasteiger partial charge is 0.500 e. The van der Waals surface area contributed by atoms with Crippen LogP contribution in [-0.2, 0) is 39.7 Å². The molecule has 4 aliphatic heterocycles. The van der Waals surface area contributed by atoms with Crippen LogP contribution >= 0.6 is 0 Å². The summed E-state index contributed by atoms with van der Waals surface area (Å²) in [6.45, 7) is 6.21. The van der Waals surface area contributed by atoms with E-state index in [1.54, 1.807) is 10.8 Å². The quantitative estimate of drug-likeness (QED) is 0.130. The first-order valence-electron chi connectivity index (χ1n) is 28.2. The fourth-order valence-electron chi connectivity index (χ4n) is 9.12. The van der Waals surface area contributed by atoms with Gasteiger partial charge in [-0.05, 0) is 82.7 Å². The van der Waals surface area contributed by atoms with Gasteiger partial charge in [0.1, 0.15) is 6.54 Å². The summed E-state index contributed by atoms with van der Waals surface area (Å²) in [5, 5.41) is 0. The summed E-state index contributed by atoms with van der Waals surface area (Å²) in [4.78, 5) is 12.9. The van der Waals surface area contributed by atoms with Gasteiger partial charge >= 0.3 is 25.9 Å². The van der Waals surface area contributed by atoms with Crippen molar-refractivity contribution in [2.24, 2.45) is 0 Å². The van der Waals surface area contributed by atoms with E-state index in [1.807, 2.05) is 116 Å². The first kappa shape index (κ1) is 42.4. The van der Waals surface area contributed by atoms with Gasteiger partial charge in [0.05, 0.1) is 32.5 Å². The average Bonchev–Trinajstić information content (AvgIpc) is 3.06. The first-order chi connectivity index (χ1) is 40.0. The fraction of sp³-hybridized carbons (Fsp3) is 0.0588. The Morgan fingerprint density at radius 1 is 0.513 bits per heavy atom. The normalized spacial score (nSPS) is 13.4. The number of aryl methyl sites for hydroxylation is 1. The van der Waals surface area contributed by atoms with Crippen molar-refractivity contribution in [1.82, 2.24) is 9.97 Å². The van der Waals surface area contributed by atoms with E-state index in [2.05, 4.69) is 158 Å². The van der Waals surface area contributed by atoms with Crippen molar-refractivity contribution in [2.75, 3.05) is 9.80 Å². The van der Waals surface area contributed by atoms with E-state index in [0.717, 1.165) is 47.2 Å². The third kappa shape index (κ3) is 11.9. The molecule has 8 heteroatoms. The van der Waals surface area contributed by atoms with Gasteiger partial charge < -0.3 is 14.8 Å². The number of pyridine rings is 3. The van der Waals surface area contributed by atoms with E-state index in [4.69, 9.17) is 9.60 Å². The topological polar surface area (TPSA) is 43.9 Å². The van der Waals surface area contributed by atoms with Gasteiger partial charge in [-0.2, -0.15) is 39.5 Å². The molecule has 0 spiro atoms. The Hall–Kier alpha value is -8.94. The molecular formula is C68H55IrN7+3. The molecule has 8 heterocycles. The maximum atomic E-state index is 7.97. The van der Waals surface area contributed by atoms with Crippen molar-refractivity contribution in [2.45, 2.75) is 26.6 Å². The SMILES string of the molecule is Cc1cc[n+]2c(n1)-c1ccccc1C2.[2H]c1c[n+]2c(c([2H])c1[2H])-c1c([2H])c([2H])c([2H])c([2H])c1C2.[Ir+3].[c-]1ccccc1-c1ccccn1.[c-]1ccccc1N1C=CN(c2ccccc2)[CH-]1.c1ccc(-c2ccc3c(c2)-c2cccc[n+]2C3)cc1. The van der Waals surface area contributed by atoms with Gasteiger partial charge in [0.15, 0.2) is 31.2 Å². The summed E-state index contributed by atoms with van der Waals surface area (Å²) < 4.78 is 60.6. The average molecular weight is 1170 g/mol. The van der Waals surface area contributed by atoms with E-state index >= 15 is 0 Å². The van der Waals surface area contributed by atoms with E-state index in [-0.39, 0.29) is 80.2 Å². The molecule has 76 heavy (non-hydrogen) atoms. The number of para-hydroxylation sites is 2. The Bertz CT molecular complexity index is 4020. The van der Waals surface area contributed by atoms with Crippen molar-refractivity contribution < 1.29 is 43.4 Å². The number of hydrogen-bond acceptors (Lipinski definition) is 4. The Kier molecular flexibility index (Phi) is 13.6. The van der Waals surface area contributed by atoms with Crippen LogP contribution in [0.25, 0.3) is 56.3 Å². The molecule has 0 radical (unpaired) electrons. The number of rotatable bonds is 4. The van der Waals surface area contributed by atoms with E-state index in [0.29, 0.717) is 5.56 Å². The zero-order chi connectivity index (χ0) is 56.7. The van der Waals surface area contributed by atoms with Crippen LogP contribution in [0.5, 0.6) is 0 Å². The number of nitrogens with zero attached hydrogens (tertiary/aromatic N) is 7. The van der Waals surface area contributed by atoms with Gasteiger partial charge in [-0.25, -0.2) is 4.57 Å². The number of anilines is 2. The third-order valence-corrected chi connectivity index (χ3v) is 12.8. The van der Waals surface area contributed by atoms with Crippen LogP contribution in [0.4, 0.5) is 11.4 Å². The Morgan fingerprint density at radius 3 is 2.03 bits per heavy atom. The fourth-order valence-corrected chi connectivity index (χ4v) is 9.12. The second-order valence-corrected chi connectivity index (χ2v) is 17.8. The van der Waals surface area contributed by atoms with Crippen molar-refractivity contribution in [1.29, 1.82) is 0 Å². The molecule has 11 aromatic rings. The van der Waals surface area contributed by atoms with Crippen molar-refractivity contribution in [3.63, 3.8) is 0 Å². The van der Waals surface area contributed by atoms with Crippen molar-refractivity contribution in [3.8, 4) is 56.3 Å². The van der Waals surface area contributed by atoms with Crippen LogP contribution in [0.3, 0.4) is 0 Å². The number of hydrogen-bond donors (Lipinski definition) is 0. The Morgan fingerprint density at radius 2 is 1.21 bits per heavy atom. The maximum Gasteiger partial charge on any atom is 3.00 e. The van der Waals surface area contributed by atoms with E-state index in [9.17, 15) is 0 Å². The molecule has 0 unspecified atom stereocenters. The minimum atomic E-state index is -0.344. The third-order valence-electron chi connectivity index (χ3n) is 12.8. The van der Waals surface area contributed by atoms with Crippen LogP contribution in [0.1, 0.15) is 32.0 Å². The second-order valence-electron chi connectivity index (χ2n) is 17.8. The molecule has 15 rings (SSSR count). The molecular weight excluding hydrogens is 1110 g/mol. The summed E-state index contributed by atoms with van der Waals surface area (Å²) in [5.74, 6) is 1.10. The molecule has 0 fully saturated rings. The molecule has 7 aromatic carbocycles. The van der Waals surface area contributed by atoms with Crippen molar-refractivity contribution >= 4 is 11.4 Å². The van der Waals surface area contributed by atoms with Crippen molar-refractivity contribution in [3.05, 3.63) is 315 Å². The molecule has 0 saturated heterocycles. The van der Waals surface area contributed by atoms with Crippen LogP contribution in [0.15, 0.2) is 274 Å². The van der Waals surface area contributed by atoms with E-state index in [1.165, 1.54) is 45.3 Å². The van der Waals surface area contributed by atoms with Gasteiger partial charge in [0.25, 0.3) is 0 Å². The summed E-state index contributed by atoms with van der Waals surface area (Å²) in [5.41, 5.74) is 15.5. The second kappa shape index (κ2) is 24.4. The first-order valence-corrected chi connectivity index (χ1v) is 24.7. The maximum absolute atomic E-state index is 7.97. The standard InChI is InChI=1S/C18H14N.C15H12N2.C12H11N2.C12H10N.C11H8N.Ir/c1-2-6-14(7-3-1)15-9-10-16-13-19-11-5-4-8-18(19)17(16)12-15;1-3-7-14(8-4-1)16-11-12-17(13-16)15-9-5-2-6-10-15;1-9-6-7-14-8-10-4-2-3-5-11(10)12(14)13-9;1-2-6-11-10(5-1)9-13-8-4-3-7-12(11)13;1-2-6-10(7-3-1)11-8-4-5-9-12-11;/h1-12H,13H2;1-9,11-13H;2-7H,8H2,1H3;1-8H,9H2;1-6,8-9H;/q+1;-2;2*+1;-1;+3/i;;;1D,2D,3D,4D,5D,6D,7D;;. The molecule has 0 amide bonds.